The molecule has 0 saturated carbocycles. The summed E-state index contributed by atoms with van der Waals surface area (Å²) < 4.78 is 5.15. The van der Waals surface area contributed by atoms with Crippen LogP contribution >= 0.6 is 0 Å². The van der Waals surface area contributed by atoms with Crippen molar-refractivity contribution in [3.63, 3.8) is 0 Å². The molecule has 0 aromatic heterocycles. The maximum Gasteiger partial charge on any atom is 0.329 e. The molecule has 174 valence electrons. The summed E-state index contributed by atoms with van der Waals surface area (Å²) in [5, 5.41) is 21.8. The number of benzene rings is 2. The number of carbonyl (C=O) groups is 2. The first-order valence-corrected chi connectivity index (χ1v) is 10.9. The van der Waals surface area contributed by atoms with E-state index in [1.54, 1.807) is 26.8 Å². The molecule has 8 heteroatoms. The summed E-state index contributed by atoms with van der Waals surface area (Å²) >= 11 is 0. The summed E-state index contributed by atoms with van der Waals surface area (Å²) in [7, 11) is 1.22. The number of para-hydroxylation sites is 1. The highest BCUT2D eigenvalue weighted by atomic mass is 16.6. The van der Waals surface area contributed by atoms with Gasteiger partial charge in [-0.1, -0.05) is 63.3 Å². The van der Waals surface area contributed by atoms with E-state index in [1.165, 1.54) is 31.4 Å². The normalized spacial score (nSPS) is 25.1. The Balaban J connectivity index is 2.04. The van der Waals surface area contributed by atoms with E-state index in [2.05, 4.69) is 6.07 Å². The fraction of sp³-hybridized carbons (Fsp3) is 0.346. The number of nitro benzene ring substituents is 1. The summed E-state index contributed by atoms with van der Waals surface area (Å²) in [6.45, 7) is 5.40. The monoisotopic (exact) mass is 459 g/mol. The molecule has 0 amide bonds. The molecule has 1 fully saturated rings. The van der Waals surface area contributed by atoms with E-state index in [-0.39, 0.29) is 11.5 Å². The minimum Gasteiger partial charge on any atom is -0.468 e. The number of rotatable bonds is 4. The van der Waals surface area contributed by atoms with Gasteiger partial charge in [-0.15, -0.1) is 0 Å². The van der Waals surface area contributed by atoms with E-state index in [0.717, 1.165) is 11.3 Å². The number of methoxy groups -OCH3 is 1. The zero-order valence-corrected chi connectivity index (χ0v) is 19.4. The molecule has 1 saturated heterocycles. The van der Waals surface area contributed by atoms with E-state index in [0.29, 0.717) is 5.56 Å². The number of esters is 1. The zero-order chi connectivity index (χ0) is 24.8. The smallest absolute Gasteiger partial charge is 0.329 e. The number of ketones is 1. The molecule has 0 aliphatic carbocycles. The second kappa shape index (κ2) is 8.10. The maximum absolute atomic E-state index is 14.0. The van der Waals surface area contributed by atoms with Crippen molar-refractivity contribution in [2.75, 3.05) is 12.0 Å². The lowest BCUT2D eigenvalue weighted by atomic mass is 9.67. The molecular formula is C26H25N3O5. The summed E-state index contributed by atoms with van der Waals surface area (Å²) in [6, 6.07) is 13.8. The lowest BCUT2D eigenvalue weighted by Crippen LogP contribution is -2.48. The third-order valence-electron chi connectivity index (χ3n) is 6.72. The van der Waals surface area contributed by atoms with Crippen molar-refractivity contribution in [3.05, 3.63) is 75.8 Å². The molecule has 2 heterocycles. The van der Waals surface area contributed by atoms with Crippen LogP contribution in [-0.2, 0) is 14.3 Å². The largest absolute Gasteiger partial charge is 0.468 e. The van der Waals surface area contributed by atoms with Crippen LogP contribution in [0.4, 0.5) is 11.4 Å². The fourth-order valence-electron chi connectivity index (χ4n) is 5.16. The SMILES string of the molecule is COC(=O)[C@]1(C#N)[C@H](c2ccc([N+](=O)[O-])cc2)[C@H](C(=O)C(C)(C)C)N2c3ccccc3C=C[C@@H]21. The van der Waals surface area contributed by atoms with E-state index in [9.17, 15) is 25.0 Å². The first kappa shape index (κ1) is 23.2. The van der Waals surface area contributed by atoms with Crippen LogP contribution in [0.3, 0.4) is 0 Å². The standard InChI is InChI=1S/C26H25N3O5/c1-25(2,3)23(30)22-21(17-9-12-18(13-10-17)29(32)33)26(15-27,24(31)34-4)20-14-11-16-7-5-6-8-19(16)28(20)22/h5-14,20-22H,1-4H3/t20-,21-,22-,26+/m1/s1. The number of anilines is 1. The lowest BCUT2D eigenvalue weighted by molar-refractivity contribution is -0.384. The van der Waals surface area contributed by atoms with Crippen molar-refractivity contribution in [2.24, 2.45) is 10.8 Å². The molecule has 2 aliphatic rings. The first-order valence-electron chi connectivity index (χ1n) is 10.9. The second-order valence-corrected chi connectivity index (χ2v) is 9.63. The molecule has 4 atom stereocenters. The molecule has 0 radical (unpaired) electrons. The van der Waals surface area contributed by atoms with Gasteiger partial charge in [0.1, 0.15) is 0 Å². The van der Waals surface area contributed by atoms with E-state index in [4.69, 9.17) is 4.74 Å². The van der Waals surface area contributed by atoms with Crippen LogP contribution in [-0.4, -0.2) is 35.9 Å². The summed E-state index contributed by atoms with van der Waals surface area (Å²) in [5.74, 6) is -1.81. The highest BCUT2D eigenvalue weighted by Crippen LogP contribution is 2.57. The number of carbonyl (C=O) groups excluding carboxylic acids is 2. The highest BCUT2D eigenvalue weighted by molar-refractivity contribution is 5.99. The molecular weight excluding hydrogens is 434 g/mol. The van der Waals surface area contributed by atoms with Crippen LogP contribution < -0.4 is 4.90 Å². The zero-order valence-electron chi connectivity index (χ0n) is 19.4. The molecule has 4 rings (SSSR count). The number of fused-ring (bicyclic) bond motifs is 3. The van der Waals surface area contributed by atoms with Crippen LogP contribution in [0.25, 0.3) is 6.08 Å². The Morgan fingerprint density at radius 3 is 2.35 bits per heavy atom. The van der Waals surface area contributed by atoms with Gasteiger partial charge in [-0.25, -0.2) is 0 Å². The van der Waals surface area contributed by atoms with Gasteiger partial charge < -0.3 is 9.64 Å². The number of non-ortho nitro benzene ring substituents is 1. The van der Waals surface area contributed by atoms with Crippen molar-refractivity contribution in [3.8, 4) is 6.07 Å². The Kier molecular flexibility index (Phi) is 5.52. The van der Waals surface area contributed by atoms with Crippen LogP contribution in [0.1, 0.15) is 37.8 Å². The van der Waals surface area contributed by atoms with E-state index < -0.39 is 39.7 Å². The summed E-state index contributed by atoms with van der Waals surface area (Å²) in [4.78, 5) is 39.9. The highest BCUT2D eigenvalue weighted by Gasteiger charge is 2.67. The van der Waals surface area contributed by atoms with Gasteiger partial charge in [0.15, 0.2) is 11.2 Å². The number of Topliss-reactive ketones (excluding diaryl/α,β-unsaturated/α-hetero) is 1. The third-order valence-corrected chi connectivity index (χ3v) is 6.72. The molecule has 8 nitrogen and oxygen atoms in total. The Bertz CT molecular complexity index is 1240. The number of nitriles is 1. The molecule has 0 N–H and O–H groups in total. The molecule has 0 spiro atoms. The summed E-state index contributed by atoms with van der Waals surface area (Å²) in [5.41, 5.74) is -0.562. The quantitative estimate of drug-likeness (QED) is 0.381. The van der Waals surface area contributed by atoms with Crippen LogP contribution in [0.5, 0.6) is 0 Å². The van der Waals surface area contributed by atoms with Crippen LogP contribution in [0.15, 0.2) is 54.6 Å². The van der Waals surface area contributed by atoms with Crippen LogP contribution in [0, 0.1) is 32.3 Å². The molecule has 34 heavy (non-hydrogen) atoms. The number of nitrogens with zero attached hydrogens (tertiary/aromatic N) is 3. The van der Waals surface area contributed by atoms with Gasteiger partial charge in [0.2, 0.25) is 0 Å². The average Bonchev–Trinajstić information content (AvgIpc) is 3.13. The number of hydrogen-bond acceptors (Lipinski definition) is 7. The maximum atomic E-state index is 14.0. The number of nitro groups is 1. The summed E-state index contributed by atoms with van der Waals surface area (Å²) in [6.07, 6.45) is 3.62. The van der Waals surface area contributed by atoms with E-state index >= 15 is 0 Å². The van der Waals surface area contributed by atoms with Gasteiger partial charge in [0, 0.05) is 29.2 Å². The Morgan fingerprint density at radius 2 is 1.79 bits per heavy atom. The van der Waals surface area contributed by atoms with E-state index in [1.807, 2.05) is 35.2 Å². The minimum absolute atomic E-state index is 0.121. The van der Waals surface area contributed by atoms with Crippen molar-refractivity contribution in [2.45, 2.75) is 38.8 Å². The Morgan fingerprint density at radius 1 is 1.15 bits per heavy atom. The fourth-order valence-corrected chi connectivity index (χ4v) is 5.16. The molecule has 2 aromatic carbocycles. The minimum atomic E-state index is -1.75. The molecule has 0 bridgehead atoms. The Labute approximate surface area is 197 Å². The molecule has 2 aliphatic heterocycles. The topological polar surface area (TPSA) is 114 Å². The Hall–Kier alpha value is -3.99. The molecule has 0 unspecified atom stereocenters. The second-order valence-electron chi connectivity index (χ2n) is 9.63. The molecule has 2 aromatic rings. The van der Waals surface area contributed by atoms with Gasteiger partial charge >= 0.3 is 5.97 Å². The van der Waals surface area contributed by atoms with Crippen molar-refractivity contribution >= 4 is 29.2 Å². The number of hydrogen-bond donors (Lipinski definition) is 0. The van der Waals surface area contributed by atoms with Gasteiger partial charge in [-0.2, -0.15) is 5.26 Å². The van der Waals surface area contributed by atoms with Crippen molar-refractivity contribution in [1.82, 2.24) is 0 Å². The third kappa shape index (κ3) is 3.27. The predicted molar refractivity (Wildman–Crippen MR) is 126 cm³/mol. The van der Waals surface area contributed by atoms with Crippen molar-refractivity contribution in [1.29, 1.82) is 5.26 Å². The predicted octanol–water partition coefficient (Wildman–Crippen LogP) is 4.26. The first-order chi connectivity index (χ1) is 16.1. The number of ether oxygens (including phenoxy) is 1. The van der Waals surface area contributed by atoms with Gasteiger partial charge in [-0.3, -0.25) is 19.7 Å². The van der Waals surface area contributed by atoms with Gasteiger partial charge in [-0.05, 0) is 17.2 Å². The van der Waals surface area contributed by atoms with Gasteiger partial charge in [0.05, 0.1) is 30.2 Å². The average molecular weight is 460 g/mol. The van der Waals surface area contributed by atoms with Crippen LogP contribution in [0.2, 0.25) is 0 Å². The van der Waals surface area contributed by atoms with Gasteiger partial charge in [0.25, 0.3) is 5.69 Å². The lowest BCUT2D eigenvalue weighted by Gasteiger charge is -2.37. The van der Waals surface area contributed by atoms with Crippen molar-refractivity contribution < 1.29 is 19.2 Å².